The summed E-state index contributed by atoms with van der Waals surface area (Å²) in [5.41, 5.74) is 4.95. The third-order valence-electron chi connectivity index (χ3n) is 6.26. The van der Waals surface area contributed by atoms with E-state index in [1.54, 1.807) is 6.33 Å². The van der Waals surface area contributed by atoms with Crippen molar-refractivity contribution in [1.29, 1.82) is 0 Å². The molecule has 1 aromatic carbocycles. The Labute approximate surface area is 169 Å². The SMILES string of the molecule is c1nc2c(c(N3CCSCC3)n1)COc1c(cc(C3CNC3)cc1C1CC1)N2. The van der Waals surface area contributed by atoms with Gasteiger partial charge in [0.2, 0.25) is 0 Å². The summed E-state index contributed by atoms with van der Waals surface area (Å²) < 4.78 is 6.44. The number of nitrogens with zero attached hydrogens (tertiary/aromatic N) is 3. The predicted octanol–water partition coefficient (Wildman–Crippen LogP) is 3.23. The van der Waals surface area contributed by atoms with Crippen LogP contribution in [0.15, 0.2) is 18.5 Å². The highest BCUT2D eigenvalue weighted by Crippen LogP contribution is 2.50. The van der Waals surface area contributed by atoms with E-state index in [4.69, 9.17) is 4.74 Å². The quantitative estimate of drug-likeness (QED) is 0.827. The van der Waals surface area contributed by atoms with Crippen molar-refractivity contribution in [2.75, 3.05) is 47.9 Å². The van der Waals surface area contributed by atoms with Crippen molar-refractivity contribution in [2.24, 2.45) is 0 Å². The first-order valence-electron chi connectivity index (χ1n) is 10.3. The molecule has 3 aliphatic heterocycles. The first-order valence-corrected chi connectivity index (χ1v) is 11.5. The van der Waals surface area contributed by atoms with Crippen LogP contribution in [0.3, 0.4) is 0 Å². The Morgan fingerprint density at radius 3 is 2.68 bits per heavy atom. The van der Waals surface area contributed by atoms with Gasteiger partial charge in [-0.15, -0.1) is 0 Å². The fourth-order valence-corrected chi connectivity index (χ4v) is 5.25. The molecule has 0 unspecified atom stereocenters. The molecular weight excluding hydrogens is 370 g/mol. The Kier molecular flexibility index (Phi) is 4.12. The van der Waals surface area contributed by atoms with Crippen LogP contribution in [0.4, 0.5) is 17.3 Å². The second-order valence-electron chi connectivity index (χ2n) is 8.15. The molecule has 4 heterocycles. The van der Waals surface area contributed by atoms with Crippen LogP contribution in [0.25, 0.3) is 0 Å². The number of ether oxygens (including phenoxy) is 1. The number of rotatable bonds is 3. The van der Waals surface area contributed by atoms with E-state index in [1.165, 1.54) is 24.0 Å². The monoisotopic (exact) mass is 395 g/mol. The minimum absolute atomic E-state index is 0.527. The molecule has 4 aliphatic rings. The molecule has 0 bridgehead atoms. The first-order chi connectivity index (χ1) is 13.9. The molecule has 2 saturated heterocycles. The second kappa shape index (κ2) is 6.81. The van der Waals surface area contributed by atoms with Crippen LogP contribution >= 0.6 is 11.8 Å². The summed E-state index contributed by atoms with van der Waals surface area (Å²) in [7, 11) is 0. The van der Waals surface area contributed by atoms with E-state index in [-0.39, 0.29) is 0 Å². The maximum Gasteiger partial charge on any atom is 0.146 e. The van der Waals surface area contributed by atoms with Gasteiger partial charge < -0.3 is 20.3 Å². The third kappa shape index (κ3) is 2.92. The Balaban J connectivity index is 1.40. The molecule has 7 heteroatoms. The smallest absolute Gasteiger partial charge is 0.146 e. The minimum Gasteiger partial charge on any atom is -0.486 e. The summed E-state index contributed by atoms with van der Waals surface area (Å²) >= 11 is 2.01. The highest BCUT2D eigenvalue weighted by Gasteiger charge is 2.33. The molecule has 6 nitrogen and oxygen atoms in total. The zero-order valence-corrected chi connectivity index (χ0v) is 16.7. The molecule has 0 radical (unpaired) electrons. The number of nitrogens with one attached hydrogen (secondary N) is 2. The van der Waals surface area contributed by atoms with Crippen LogP contribution < -0.4 is 20.3 Å². The Morgan fingerprint density at radius 1 is 1.07 bits per heavy atom. The fraction of sp³-hybridized carbons (Fsp3) is 0.524. The second-order valence-corrected chi connectivity index (χ2v) is 9.38. The minimum atomic E-state index is 0.527. The van der Waals surface area contributed by atoms with Gasteiger partial charge in [-0.05, 0) is 36.0 Å². The summed E-state index contributed by atoms with van der Waals surface area (Å²) in [6.45, 7) is 4.74. The summed E-state index contributed by atoms with van der Waals surface area (Å²) in [5, 5.41) is 7.02. The van der Waals surface area contributed by atoms with Gasteiger partial charge in [0, 0.05) is 43.6 Å². The molecule has 0 atom stereocenters. The highest BCUT2D eigenvalue weighted by atomic mass is 32.2. The van der Waals surface area contributed by atoms with Crippen LogP contribution in [0.1, 0.15) is 41.4 Å². The van der Waals surface area contributed by atoms with Gasteiger partial charge in [-0.1, -0.05) is 6.07 Å². The number of fused-ring (bicyclic) bond motifs is 2. The molecule has 3 fully saturated rings. The lowest BCUT2D eigenvalue weighted by molar-refractivity contribution is 0.306. The molecule has 146 valence electrons. The van der Waals surface area contributed by atoms with E-state index < -0.39 is 0 Å². The van der Waals surface area contributed by atoms with Crippen LogP contribution in [-0.2, 0) is 6.61 Å². The highest BCUT2D eigenvalue weighted by molar-refractivity contribution is 7.99. The van der Waals surface area contributed by atoms with E-state index in [0.717, 1.165) is 66.3 Å². The number of aromatic nitrogens is 2. The average molecular weight is 396 g/mol. The van der Waals surface area contributed by atoms with Gasteiger partial charge in [0.05, 0.1) is 11.3 Å². The van der Waals surface area contributed by atoms with E-state index in [1.807, 2.05) is 11.8 Å². The van der Waals surface area contributed by atoms with Gasteiger partial charge in [0.1, 0.15) is 30.3 Å². The average Bonchev–Trinajstić information content (AvgIpc) is 3.52. The lowest BCUT2D eigenvalue weighted by Crippen LogP contribution is -2.39. The van der Waals surface area contributed by atoms with E-state index in [0.29, 0.717) is 18.4 Å². The lowest BCUT2D eigenvalue weighted by Gasteiger charge is -2.29. The van der Waals surface area contributed by atoms with Crippen LogP contribution in [-0.4, -0.2) is 47.7 Å². The molecule has 0 spiro atoms. The molecule has 6 rings (SSSR count). The Bertz CT molecular complexity index is 906. The van der Waals surface area contributed by atoms with Crippen LogP contribution in [0.2, 0.25) is 0 Å². The Morgan fingerprint density at radius 2 is 1.93 bits per heavy atom. The van der Waals surface area contributed by atoms with Gasteiger partial charge in [-0.3, -0.25) is 0 Å². The van der Waals surface area contributed by atoms with Gasteiger partial charge in [-0.25, -0.2) is 9.97 Å². The summed E-state index contributed by atoms with van der Waals surface area (Å²) in [4.78, 5) is 11.6. The molecule has 28 heavy (non-hydrogen) atoms. The number of benzene rings is 1. The van der Waals surface area contributed by atoms with Gasteiger partial charge in [0.15, 0.2) is 0 Å². The van der Waals surface area contributed by atoms with Gasteiger partial charge in [-0.2, -0.15) is 11.8 Å². The van der Waals surface area contributed by atoms with Crippen LogP contribution in [0, 0.1) is 0 Å². The molecule has 2 N–H and O–H groups in total. The summed E-state index contributed by atoms with van der Waals surface area (Å²) in [6.07, 6.45) is 4.23. The molecule has 1 saturated carbocycles. The van der Waals surface area contributed by atoms with Crippen molar-refractivity contribution in [1.82, 2.24) is 15.3 Å². The number of hydrogen-bond acceptors (Lipinski definition) is 7. The standard InChI is InChI=1S/C21H25N5OS/c1-2-13(1)16-7-14(15-9-22-10-15)8-18-19(16)27-11-17-20(25-18)23-12-24-21(17)26-3-5-28-6-4-26/h7-8,12-13,15,22H,1-6,9-11H2,(H,23,24,25). The zero-order chi connectivity index (χ0) is 18.5. The maximum absolute atomic E-state index is 6.44. The Hall–Kier alpha value is -1.99. The topological polar surface area (TPSA) is 62.3 Å². The van der Waals surface area contributed by atoms with Crippen molar-refractivity contribution < 1.29 is 4.74 Å². The number of hydrogen-bond donors (Lipinski definition) is 2. The molecular formula is C21H25N5OS. The van der Waals surface area contributed by atoms with Crippen molar-refractivity contribution in [3.63, 3.8) is 0 Å². The lowest BCUT2D eigenvalue weighted by atomic mass is 9.90. The third-order valence-corrected chi connectivity index (χ3v) is 7.20. The number of thioether (sulfide) groups is 1. The largest absolute Gasteiger partial charge is 0.486 e. The van der Waals surface area contributed by atoms with Crippen molar-refractivity contribution in [3.8, 4) is 5.75 Å². The molecule has 1 aromatic heterocycles. The van der Waals surface area contributed by atoms with Gasteiger partial charge >= 0.3 is 0 Å². The summed E-state index contributed by atoms with van der Waals surface area (Å²) in [5.74, 6) is 6.51. The van der Waals surface area contributed by atoms with Gasteiger partial charge in [0.25, 0.3) is 0 Å². The van der Waals surface area contributed by atoms with Crippen molar-refractivity contribution >= 4 is 29.1 Å². The normalized spacial score (nSPS) is 21.6. The summed E-state index contributed by atoms with van der Waals surface area (Å²) in [6, 6.07) is 4.68. The molecule has 0 amide bonds. The van der Waals surface area contributed by atoms with E-state index >= 15 is 0 Å². The number of anilines is 3. The van der Waals surface area contributed by atoms with Crippen molar-refractivity contribution in [3.05, 3.63) is 35.2 Å². The van der Waals surface area contributed by atoms with E-state index in [2.05, 4.69) is 37.6 Å². The first kappa shape index (κ1) is 16.9. The van der Waals surface area contributed by atoms with Crippen LogP contribution in [0.5, 0.6) is 5.75 Å². The zero-order valence-electron chi connectivity index (χ0n) is 15.9. The van der Waals surface area contributed by atoms with Crippen molar-refractivity contribution in [2.45, 2.75) is 31.3 Å². The molecule has 2 aromatic rings. The maximum atomic E-state index is 6.44. The molecule has 1 aliphatic carbocycles. The predicted molar refractivity (Wildman–Crippen MR) is 113 cm³/mol. The fourth-order valence-electron chi connectivity index (χ4n) is 4.35. The van der Waals surface area contributed by atoms with E-state index in [9.17, 15) is 0 Å².